The van der Waals surface area contributed by atoms with E-state index in [0.717, 1.165) is 0 Å². The molecule has 1 heterocycles. The summed E-state index contributed by atoms with van der Waals surface area (Å²) in [5.74, 6) is -0.484. The third kappa shape index (κ3) is 4.42. The van der Waals surface area contributed by atoms with Crippen LogP contribution in [0, 0.1) is 0 Å². The van der Waals surface area contributed by atoms with Crippen molar-refractivity contribution in [3.05, 3.63) is 24.0 Å². The van der Waals surface area contributed by atoms with Crippen molar-refractivity contribution in [3.63, 3.8) is 0 Å². The standard InChI is InChI=1S/C7H7NO3.C2H6O/c1-11-5-2-3-6(7(9)10)8-4-5;1-3-2/h2-4H,1H3,(H,9,10);1-2H3. The van der Waals surface area contributed by atoms with E-state index in [4.69, 9.17) is 9.84 Å². The highest BCUT2D eigenvalue weighted by molar-refractivity contribution is 5.85. The number of aromatic nitrogens is 1. The van der Waals surface area contributed by atoms with Gasteiger partial charge in [0.25, 0.3) is 0 Å². The van der Waals surface area contributed by atoms with E-state index in [1.165, 1.54) is 19.4 Å². The van der Waals surface area contributed by atoms with Crippen LogP contribution in [-0.2, 0) is 4.74 Å². The minimum atomic E-state index is -1.03. The maximum absolute atomic E-state index is 10.3. The van der Waals surface area contributed by atoms with Gasteiger partial charge in [0.1, 0.15) is 11.4 Å². The minimum absolute atomic E-state index is 0.0193. The van der Waals surface area contributed by atoms with Gasteiger partial charge in [0.2, 0.25) is 0 Å². The highest BCUT2D eigenvalue weighted by Crippen LogP contribution is 2.07. The average molecular weight is 199 g/mol. The highest BCUT2D eigenvalue weighted by Gasteiger charge is 2.02. The number of nitrogens with zero attached hydrogens (tertiary/aromatic N) is 1. The van der Waals surface area contributed by atoms with Crippen molar-refractivity contribution in [1.29, 1.82) is 0 Å². The number of carboxylic acid groups (broad SMARTS) is 1. The lowest BCUT2D eigenvalue weighted by Gasteiger charge is -1.97. The fourth-order valence-electron chi connectivity index (χ4n) is 0.628. The molecule has 0 aliphatic heterocycles. The van der Waals surface area contributed by atoms with Crippen molar-refractivity contribution in [1.82, 2.24) is 4.98 Å². The molecule has 0 aromatic carbocycles. The lowest BCUT2D eigenvalue weighted by atomic mass is 10.3. The largest absolute Gasteiger partial charge is 0.495 e. The number of aromatic carboxylic acids is 1. The fraction of sp³-hybridized carbons (Fsp3) is 0.333. The van der Waals surface area contributed by atoms with Crippen molar-refractivity contribution in [2.75, 3.05) is 21.3 Å². The summed E-state index contributed by atoms with van der Waals surface area (Å²) in [6.07, 6.45) is 1.36. The van der Waals surface area contributed by atoms with Gasteiger partial charge in [-0.15, -0.1) is 0 Å². The lowest BCUT2D eigenvalue weighted by molar-refractivity contribution is 0.0690. The Hall–Kier alpha value is -1.62. The number of rotatable bonds is 2. The van der Waals surface area contributed by atoms with Crippen LogP contribution in [0.4, 0.5) is 0 Å². The smallest absolute Gasteiger partial charge is 0.354 e. The van der Waals surface area contributed by atoms with Gasteiger partial charge in [-0.3, -0.25) is 0 Å². The molecule has 78 valence electrons. The summed E-state index contributed by atoms with van der Waals surface area (Å²) in [4.78, 5) is 13.9. The molecule has 14 heavy (non-hydrogen) atoms. The summed E-state index contributed by atoms with van der Waals surface area (Å²) in [5.41, 5.74) is 0.0193. The molecule has 0 aliphatic carbocycles. The first-order valence-corrected chi connectivity index (χ1v) is 3.79. The number of pyridine rings is 1. The van der Waals surface area contributed by atoms with Crippen molar-refractivity contribution < 1.29 is 19.4 Å². The van der Waals surface area contributed by atoms with E-state index in [2.05, 4.69) is 9.72 Å². The molecule has 0 atom stereocenters. The van der Waals surface area contributed by atoms with E-state index < -0.39 is 5.97 Å². The molecule has 0 amide bonds. The molecule has 0 radical (unpaired) electrons. The molecule has 1 rings (SSSR count). The van der Waals surface area contributed by atoms with Crippen molar-refractivity contribution in [3.8, 4) is 5.75 Å². The maximum atomic E-state index is 10.3. The van der Waals surface area contributed by atoms with Gasteiger partial charge in [-0.2, -0.15) is 0 Å². The van der Waals surface area contributed by atoms with Gasteiger partial charge in [-0.25, -0.2) is 9.78 Å². The molecule has 0 bridgehead atoms. The number of hydrogen-bond donors (Lipinski definition) is 1. The molecule has 0 aliphatic rings. The Morgan fingerprint density at radius 1 is 1.36 bits per heavy atom. The van der Waals surface area contributed by atoms with E-state index in [0.29, 0.717) is 5.75 Å². The second-order valence-corrected chi connectivity index (χ2v) is 2.30. The third-order valence-corrected chi connectivity index (χ3v) is 1.19. The summed E-state index contributed by atoms with van der Waals surface area (Å²) >= 11 is 0. The Balaban J connectivity index is 0.000000500. The SMILES string of the molecule is COC.COc1ccc(C(=O)O)nc1. The van der Waals surface area contributed by atoms with Crippen LogP contribution in [0.5, 0.6) is 5.75 Å². The highest BCUT2D eigenvalue weighted by atomic mass is 16.5. The van der Waals surface area contributed by atoms with Crippen LogP contribution in [0.1, 0.15) is 10.5 Å². The Kier molecular flexibility index (Phi) is 6.06. The summed E-state index contributed by atoms with van der Waals surface area (Å²) in [7, 11) is 4.75. The molecule has 0 unspecified atom stereocenters. The van der Waals surface area contributed by atoms with Crippen molar-refractivity contribution in [2.24, 2.45) is 0 Å². The van der Waals surface area contributed by atoms with Gasteiger partial charge in [0, 0.05) is 14.2 Å². The summed E-state index contributed by atoms with van der Waals surface area (Å²) in [6.45, 7) is 0. The van der Waals surface area contributed by atoms with Gasteiger partial charge >= 0.3 is 5.97 Å². The first-order chi connectivity index (χ1) is 6.65. The lowest BCUT2D eigenvalue weighted by Crippen LogP contribution is -1.99. The monoisotopic (exact) mass is 199 g/mol. The zero-order valence-electron chi connectivity index (χ0n) is 8.35. The van der Waals surface area contributed by atoms with Gasteiger partial charge < -0.3 is 14.6 Å². The topological polar surface area (TPSA) is 68.7 Å². The third-order valence-electron chi connectivity index (χ3n) is 1.19. The van der Waals surface area contributed by atoms with Crippen LogP contribution in [-0.4, -0.2) is 37.4 Å². The first-order valence-electron chi connectivity index (χ1n) is 3.79. The molecular formula is C9H13NO4. The second kappa shape index (κ2) is 6.85. The Morgan fingerprint density at radius 2 is 1.93 bits per heavy atom. The minimum Gasteiger partial charge on any atom is -0.495 e. The molecule has 1 aromatic heterocycles. The molecule has 1 N–H and O–H groups in total. The average Bonchev–Trinajstić information content (AvgIpc) is 2.19. The summed E-state index contributed by atoms with van der Waals surface area (Å²) < 4.78 is 9.04. The van der Waals surface area contributed by atoms with Crippen LogP contribution < -0.4 is 4.74 Å². The van der Waals surface area contributed by atoms with Crippen LogP contribution in [0.15, 0.2) is 18.3 Å². The molecule has 0 fully saturated rings. The van der Waals surface area contributed by atoms with Crippen LogP contribution >= 0.6 is 0 Å². The van der Waals surface area contributed by atoms with Gasteiger partial charge in [-0.05, 0) is 12.1 Å². The number of ether oxygens (including phenoxy) is 2. The van der Waals surface area contributed by atoms with E-state index in [1.807, 2.05) is 0 Å². The molecule has 5 heteroatoms. The van der Waals surface area contributed by atoms with Crippen LogP contribution in [0.3, 0.4) is 0 Å². The fourth-order valence-corrected chi connectivity index (χ4v) is 0.628. The molecular weight excluding hydrogens is 186 g/mol. The predicted octanol–water partition coefficient (Wildman–Crippen LogP) is 1.05. The number of carbonyl (C=O) groups is 1. The summed E-state index contributed by atoms with van der Waals surface area (Å²) in [5, 5.41) is 8.45. The molecule has 0 saturated heterocycles. The van der Waals surface area contributed by atoms with Crippen LogP contribution in [0.2, 0.25) is 0 Å². The first kappa shape index (κ1) is 12.4. The number of methoxy groups -OCH3 is 2. The van der Waals surface area contributed by atoms with Crippen molar-refractivity contribution >= 4 is 5.97 Å². The second-order valence-electron chi connectivity index (χ2n) is 2.30. The predicted molar refractivity (Wildman–Crippen MR) is 50.7 cm³/mol. The Bertz CT molecular complexity index is 271. The molecule has 0 saturated carbocycles. The zero-order valence-corrected chi connectivity index (χ0v) is 8.35. The maximum Gasteiger partial charge on any atom is 0.354 e. The van der Waals surface area contributed by atoms with E-state index in [9.17, 15) is 4.79 Å². The van der Waals surface area contributed by atoms with Crippen molar-refractivity contribution in [2.45, 2.75) is 0 Å². The number of carboxylic acids is 1. The normalized spacial score (nSPS) is 8.50. The Labute approximate surface area is 82.3 Å². The Morgan fingerprint density at radius 3 is 2.21 bits per heavy atom. The van der Waals surface area contributed by atoms with Gasteiger partial charge in [0.15, 0.2) is 0 Å². The van der Waals surface area contributed by atoms with Gasteiger partial charge in [0.05, 0.1) is 13.3 Å². The molecule has 0 spiro atoms. The van der Waals surface area contributed by atoms with E-state index in [1.54, 1.807) is 20.3 Å². The molecule has 1 aromatic rings. The van der Waals surface area contributed by atoms with E-state index in [-0.39, 0.29) is 5.69 Å². The zero-order chi connectivity index (χ0) is 11.0. The van der Waals surface area contributed by atoms with Crippen LogP contribution in [0.25, 0.3) is 0 Å². The summed E-state index contributed by atoms with van der Waals surface area (Å²) in [6, 6.07) is 2.94. The van der Waals surface area contributed by atoms with Gasteiger partial charge in [-0.1, -0.05) is 0 Å². The molecule has 5 nitrogen and oxygen atoms in total. The van der Waals surface area contributed by atoms with E-state index >= 15 is 0 Å². The quantitative estimate of drug-likeness (QED) is 0.771. The number of hydrogen-bond acceptors (Lipinski definition) is 4.